The smallest absolute Gasteiger partial charge is 0.275 e. The van der Waals surface area contributed by atoms with E-state index in [1.54, 1.807) is 0 Å². The summed E-state index contributed by atoms with van der Waals surface area (Å²) in [5.74, 6) is 0.591. The monoisotopic (exact) mass is 312 g/mol. The number of carbonyl (C=O) groups excluding carboxylic acids is 1. The van der Waals surface area contributed by atoms with Crippen LogP contribution in [-0.2, 0) is 0 Å². The predicted octanol–water partition coefficient (Wildman–Crippen LogP) is 1.48. The molecular formula is C12H17BrN4O. The summed E-state index contributed by atoms with van der Waals surface area (Å²) in [5, 5.41) is 10.5. The number of piperazine rings is 1. The van der Waals surface area contributed by atoms with Crippen molar-refractivity contribution in [3.8, 4) is 0 Å². The number of nitrogens with zero attached hydrogens (tertiary/aromatic N) is 2. The Labute approximate surface area is 114 Å². The Bertz CT molecular complexity index is 469. The van der Waals surface area contributed by atoms with Gasteiger partial charge < -0.3 is 10.2 Å². The summed E-state index contributed by atoms with van der Waals surface area (Å²) in [6.45, 7) is 4.52. The molecule has 1 saturated carbocycles. The molecule has 0 bridgehead atoms. The summed E-state index contributed by atoms with van der Waals surface area (Å²) in [7, 11) is 0. The second-order valence-corrected chi connectivity index (χ2v) is 5.92. The van der Waals surface area contributed by atoms with Crippen LogP contribution in [0.4, 0.5) is 0 Å². The van der Waals surface area contributed by atoms with Crippen LogP contribution in [0, 0.1) is 0 Å². The molecular weight excluding hydrogens is 296 g/mol. The van der Waals surface area contributed by atoms with E-state index in [0.717, 1.165) is 29.8 Å². The van der Waals surface area contributed by atoms with E-state index < -0.39 is 0 Å². The molecule has 0 unspecified atom stereocenters. The highest BCUT2D eigenvalue weighted by molar-refractivity contribution is 9.10. The minimum Gasteiger partial charge on any atom is -0.332 e. The summed E-state index contributed by atoms with van der Waals surface area (Å²) in [5.41, 5.74) is 1.62. The van der Waals surface area contributed by atoms with Gasteiger partial charge in [-0.15, -0.1) is 0 Å². The lowest BCUT2D eigenvalue weighted by Crippen LogP contribution is -2.52. The van der Waals surface area contributed by atoms with Gasteiger partial charge in [-0.25, -0.2) is 0 Å². The zero-order valence-electron chi connectivity index (χ0n) is 10.4. The first kappa shape index (κ1) is 12.2. The van der Waals surface area contributed by atoms with Gasteiger partial charge >= 0.3 is 0 Å². The van der Waals surface area contributed by atoms with Crippen molar-refractivity contribution in [3.05, 3.63) is 15.9 Å². The minimum atomic E-state index is 0.0269. The lowest BCUT2D eigenvalue weighted by atomic mass is 10.2. The topological polar surface area (TPSA) is 61.0 Å². The van der Waals surface area contributed by atoms with Crippen LogP contribution >= 0.6 is 15.9 Å². The number of nitrogens with one attached hydrogen (secondary N) is 2. The summed E-state index contributed by atoms with van der Waals surface area (Å²) in [6, 6.07) is 0.222. The van der Waals surface area contributed by atoms with Crippen molar-refractivity contribution < 1.29 is 4.79 Å². The van der Waals surface area contributed by atoms with Gasteiger partial charge in [-0.1, -0.05) is 0 Å². The van der Waals surface area contributed by atoms with Crippen molar-refractivity contribution >= 4 is 21.8 Å². The van der Waals surface area contributed by atoms with E-state index in [4.69, 9.17) is 0 Å². The highest BCUT2D eigenvalue weighted by Gasteiger charge is 2.33. The molecule has 3 rings (SSSR count). The Kier molecular flexibility index (Phi) is 3.15. The second-order valence-electron chi connectivity index (χ2n) is 5.13. The fourth-order valence-electron chi connectivity index (χ4n) is 2.40. The van der Waals surface area contributed by atoms with Crippen LogP contribution in [-0.4, -0.2) is 46.7 Å². The third-order valence-corrected chi connectivity index (χ3v) is 4.49. The first-order valence-corrected chi connectivity index (χ1v) is 7.23. The molecule has 1 aromatic heterocycles. The highest BCUT2D eigenvalue weighted by Crippen LogP contribution is 2.43. The van der Waals surface area contributed by atoms with Gasteiger partial charge in [0.2, 0.25) is 0 Å². The standard InChI is InChI=1S/C12H17BrN4O/c1-7-6-14-4-5-17(7)12(18)11-9(13)10(15-16-11)8-2-3-8/h7-8,14H,2-6H2,1H3,(H,15,16)/t7-/m0/s1. The first-order chi connectivity index (χ1) is 8.68. The normalized spacial score (nSPS) is 24.3. The highest BCUT2D eigenvalue weighted by atomic mass is 79.9. The molecule has 1 saturated heterocycles. The van der Waals surface area contributed by atoms with Gasteiger partial charge in [0.1, 0.15) is 0 Å². The van der Waals surface area contributed by atoms with Crippen LogP contribution in [0.2, 0.25) is 0 Å². The molecule has 0 spiro atoms. The molecule has 98 valence electrons. The molecule has 0 aromatic carbocycles. The summed E-state index contributed by atoms with van der Waals surface area (Å²) >= 11 is 3.52. The molecule has 1 amide bonds. The number of hydrogen-bond donors (Lipinski definition) is 2. The van der Waals surface area contributed by atoms with E-state index in [1.807, 2.05) is 4.90 Å². The molecule has 6 heteroatoms. The zero-order valence-corrected chi connectivity index (χ0v) is 12.0. The number of aromatic amines is 1. The second kappa shape index (κ2) is 4.66. The Morgan fingerprint density at radius 2 is 2.28 bits per heavy atom. The molecule has 0 radical (unpaired) electrons. The predicted molar refractivity (Wildman–Crippen MR) is 71.6 cm³/mol. The number of carbonyl (C=O) groups is 1. The van der Waals surface area contributed by atoms with Crippen molar-refractivity contribution in [2.24, 2.45) is 0 Å². The quantitative estimate of drug-likeness (QED) is 0.869. The molecule has 18 heavy (non-hydrogen) atoms. The third kappa shape index (κ3) is 2.07. The number of rotatable bonds is 2. The maximum atomic E-state index is 12.5. The number of halogens is 1. The van der Waals surface area contributed by atoms with Crippen LogP contribution in [0.3, 0.4) is 0 Å². The molecule has 1 atom stereocenters. The van der Waals surface area contributed by atoms with Crippen molar-refractivity contribution in [3.63, 3.8) is 0 Å². The molecule has 1 aliphatic heterocycles. The van der Waals surface area contributed by atoms with E-state index in [-0.39, 0.29) is 11.9 Å². The van der Waals surface area contributed by atoms with Crippen molar-refractivity contribution in [2.45, 2.75) is 31.7 Å². The number of aromatic nitrogens is 2. The number of hydrogen-bond acceptors (Lipinski definition) is 3. The van der Waals surface area contributed by atoms with E-state index >= 15 is 0 Å². The van der Waals surface area contributed by atoms with Crippen LogP contribution in [0.1, 0.15) is 41.9 Å². The maximum Gasteiger partial charge on any atom is 0.275 e. The molecule has 2 N–H and O–H groups in total. The molecule has 1 aliphatic carbocycles. The Morgan fingerprint density at radius 3 is 2.94 bits per heavy atom. The third-order valence-electron chi connectivity index (χ3n) is 3.68. The van der Waals surface area contributed by atoms with E-state index in [0.29, 0.717) is 11.6 Å². The molecule has 2 fully saturated rings. The first-order valence-electron chi connectivity index (χ1n) is 6.44. The van der Waals surface area contributed by atoms with Gasteiger partial charge in [0.05, 0.1) is 10.2 Å². The van der Waals surface area contributed by atoms with Crippen LogP contribution in [0.5, 0.6) is 0 Å². The summed E-state index contributed by atoms with van der Waals surface area (Å²) in [6.07, 6.45) is 2.39. The maximum absolute atomic E-state index is 12.5. The summed E-state index contributed by atoms with van der Waals surface area (Å²) in [4.78, 5) is 14.4. The van der Waals surface area contributed by atoms with E-state index in [2.05, 4.69) is 38.4 Å². The fourth-order valence-corrected chi connectivity index (χ4v) is 3.08. The van der Waals surface area contributed by atoms with Gasteiger partial charge in [0, 0.05) is 31.6 Å². The molecule has 1 aromatic rings. The molecule has 2 heterocycles. The lowest BCUT2D eigenvalue weighted by molar-refractivity contribution is 0.0648. The van der Waals surface area contributed by atoms with Crippen LogP contribution in [0.25, 0.3) is 0 Å². The Hall–Kier alpha value is -0.880. The largest absolute Gasteiger partial charge is 0.332 e. The summed E-state index contributed by atoms with van der Waals surface area (Å²) < 4.78 is 0.862. The Morgan fingerprint density at radius 1 is 1.50 bits per heavy atom. The Balaban J connectivity index is 1.82. The zero-order chi connectivity index (χ0) is 12.7. The minimum absolute atomic E-state index is 0.0269. The number of amides is 1. The average molecular weight is 313 g/mol. The van der Waals surface area contributed by atoms with Crippen LogP contribution < -0.4 is 5.32 Å². The SMILES string of the molecule is C[C@H]1CNCCN1C(=O)c1n[nH]c(C2CC2)c1Br. The van der Waals surface area contributed by atoms with Gasteiger partial charge in [-0.05, 0) is 35.7 Å². The van der Waals surface area contributed by atoms with Crippen LogP contribution in [0.15, 0.2) is 4.47 Å². The molecule has 2 aliphatic rings. The lowest BCUT2D eigenvalue weighted by Gasteiger charge is -2.33. The van der Waals surface area contributed by atoms with Gasteiger partial charge in [0.25, 0.3) is 5.91 Å². The van der Waals surface area contributed by atoms with Crippen molar-refractivity contribution in [2.75, 3.05) is 19.6 Å². The van der Waals surface area contributed by atoms with E-state index in [9.17, 15) is 4.79 Å². The fraction of sp³-hybridized carbons (Fsp3) is 0.667. The van der Waals surface area contributed by atoms with Gasteiger partial charge in [-0.3, -0.25) is 9.89 Å². The van der Waals surface area contributed by atoms with Gasteiger partial charge in [0.15, 0.2) is 5.69 Å². The van der Waals surface area contributed by atoms with Crippen molar-refractivity contribution in [1.29, 1.82) is 0 Å². The van der Waals surface area contributed by atoms with E-state index in [1.165, 1.54) is 12.8 Å². The van der Waals surface area contributed by atoms with Crippen molar-refractivity contribution in [1.82, 2.24) is 20.4 Å². The number of H-pyrrole nitrogens is 1. The average Bonchev–Trinajstić information content (AvgIpc) is 3.13. The van der Waals surface area contributed by atoms with Gasteiger partial charge in [-0.2, -0.15) is 5.10 Å². The molecule has 5 nitrogen and oxygen atoms in total.